The van der Waals surface area contributed by atoms with E-state index >= 15 is 0 Å². The molecular weight excluding hydrogens is 287 g/mol. The van der Waals surface area contributed by atoms with Gasteiger partial charge < -0.3 is 10.3 Å². The van der Waals surface area contributed by atoms with Crippen LogP contribution in [0.25, 0.3) is 5.69 Å². The summed E-state index contributed by atoms with van der Waals surface area (Å²) < 4.78 is 15.4. The Bertz CT molecular complexity index is 871. The molecule has 0 saturated heterocycles. The second-order valence-electron chi connectivity index (χ2n) is 4.48. The molecule has 0 saturated carbocycles. The predicted molar refractivity (Wildman–Crippen MR) is 78.5 cm³/mol. The van der Waals surface area contributed by atoms with Gasteiger partial charge in [-0.25, -0.2) is 9.07 Å². The molecule has 0 bridgehead atoms. The third-order valence-electron chi connectivity index (χ3n) is 3.02. The van der Waals surface area contributed by atoms with E-state index in [1.807, 2.05) is 0 Å². The molecule has 7 heteroatoms. The van der Waals surface area contributed by atoms with Crippen molar-refractivity contribution in [2.75, 3.05) is 5.32 Å². The van der Waals surface area contributed by atoms with Gasteiger partial charge in [0.05, 0.1) is 0 Å². The number of pyridine rings is 1. The second-order valence-corrected chi connectivity index (χ2v) is 4.48. The maximum atomic E-state index is 14.1. The highest BCUT2D eigenvalue weighted by molar-refractivity contribution is 6.03. The lowest BCUT2D eigenvalue weighted by Crippen LogP contribution is -2.22. The molecule has 0 fully saturated rings. The maximum absolute atomic E-state index is 14.1. The van der Waals surface area contributed by atoms with Crippen LogP contribution in [0.1, 0.15) is 10.4 Å². The zero-order valence-corrected chi connectivity index (χ0v) is 11.3. The van der Waals surface area contributed by atoms with Crippen LogP contribution in [0, 0.1) is 5.82 Å². The number of hydrogen-bond acceptors (Lipinski definition) is 3. The normalized spacial score (nSPS) is 10.4. The average molecular weight is 298 g/mol. The van der Waals surface area contributed by atoms with E-state index in [0.29, 0.717) is 0 Å². The van der Waals surface area contributed by atoms with Crippen molar-refractivity contribution in [1.29, 1.82) is 0 Å². The number of aromatic nitrogens is 3. The number of aromatic amines is 1. The third kappa shape index (κ3) is 2.64. The minimum Gasteiger partial charge on any atom is -0.328 e. The van der Waals surface area contributed by atoms with Crippen molar-refractivity contribution in [1.82, 2.24) is 14.8 Å². The van der Waals surface area contributed by atoms with Crippen molar-refractivity contribution >= 4 is 11.6 Å². The number of nitrogens with zero attached hydrogens (tertiary/aromatic N) is 2. The highest BCUT2D eigenvalue weighted by Crippen LogP contribution is 2.18. The molecule has 110 valence electrons. The van der Waals surface area contributed by atoms with Crippen LogP contribution >= 0.6 is 0 Å². The first-order chi connectivity index (χ1) is 10.6. The Balaban J connectivity index is 1.85. The number of carbonyl (C=O) groups is 1. The zero-order chi connectivity index (χ0) is 15.5. The zero-order valence-electron chi connectivity index (χ0n) is 11.3. The average Bonchev–Trinajstić information content (AvgIpc) is 3.01. The van der Waals surface area contributed by atoms with Gasteiger partial charge in [-0.15, -0.1) is 0 Å². The van der Waals surface area contributed by atoms with Crippen molar-refractivity contribution in [2.24, 2.45) is 0 Å². The van der Waals surface area contributed by atoms with Crippen LogP contribution in [0.4, 0.5) is 10.1 Å². The number of hydrogen-bond donors (Lipinski definition) is 2. The van der Waals surface area contributed by atoms with Crippen LogP contribution in [0.5, 0.6) is 0 Å². The summed E-state index contributed by atoms with van der Waals surface area (Å²) in [5.41, 5.74) is -0.0325. The topological polar surface area (TPSA) is 79.8 Å². The van der Waals surface area contributed by atoms with Crippen molar-refractivity contribution in [3.05, 3.63) is 76.7 Å². The van der Waals surface area contributed by atoms with Gasteiger partial charge in [0, 0.05) is 24.3 Å². The second kappa shape index (κ2) is 5.65. The molecule has 2 heterocycles. The quantitative estimate of drug-likeness (QED) is 0.775. The van der Waals surface area contributed by atoms with Crippen LogP contribution < -0.4 is 10.9 Å². The van der Waals surface area contributed by atoms with Gasteiger partial charge in [0.25, 0.3) is 11.5 Å². The highest BCUT2D eigenvalue weighted by atomic mass is 19.1. The Morgan fingerprint density at radius 3 is 2.82 bits per heavy atom. The van der Waals surface area contributed by atoms with E-state index in [1.54, 1.807) is 12.3 Å². The van der Waals surface area contributed by atoms with E-state index < -0.39 is 17.3 Å². The van der Waals surface area contributed by atoms with Gasteiger partial charge in [-0.3, -0.25) is 9.59 Å². The summed E-state index contributed by atoms with van der Waals surface area (Å²) in [6.07, 6.45) is 4.58. The number of anilines is 1. The largest absolute Gasteiger partial charge is 0.328 e. The minimum absolute atomic E-state index is 0.0425. The maximum Gasteiger partial charge on any atom is 0.261 e. The van der Waals surface area contributed by atoms with E-state index in [2.05, 4.69) is 15.4 Å². The van der Waals surface area contributed by atoms with Gasteiger partial charge in [-0.2, -0.15) is 5.10 Å². The lowest BCUT2D eigenvalue weighted by Gasteiger charge is -2.08. The van der Waals surface area contributed by atoms with E-state index in [9.17, 15) is 14.0 Å². The molecular formula is C15H11FN4O2. The van der Waals surface area contributed by atoms with Crippen LogP contribution in [0.15, 0.2) is 59.8 Å². The molecule has 0 radical (unpaired) electrons. The fourth-order valence-corrected chi connectivity index (χ4v) is 1.98. The number of amides is 1. The van der Waals surface area contributed by atoms with Gasteiger partial charge in [0.15, 0.2) is 5.82 Å². The monoisotopic (exact) mass is 298 g/mol. The first-order valence-electron chi connectivity index (χ1n) is 6.44. The molecule has 2 aromatic heterocycles. The van der Waals surface area contributed by atoms with E-state index in [-0.39, 0.29) is 16.9 Å². The van der Waals surface area contributed by atoms with Crippen LogP contribution in [-0.2, 0) is 0 Å². The molecule has 6 nitrogen and oxygen atoms in total. The van der Waals surface area contributed by atoms with Gasteiger partial charge in [-0.1, -0.05) is 0 Å². The van der Waals surface area contributed by atoms with Crippen molar-refractivity contribution < 1.29 is 9.18 Å². The summed E-state index contributed by atoms with van der Waals surface area (Å²) in [5.74, 6) is -1.14. The number of nitrogens with one attached hydrogen (secondary N) is 2. The fourth-order valence-electron chi connectivity index (χ4n) is 1.98. The van der Waals surface area contributed by atoms with Gasteiger partial charge in [0.1, 0.15) is 11.3 Å². The van der Waals surface area contributed by atoms with E-state index in [4.69, 9.17) is 0 Å². The van der Waals surface area contributed by atoms with Crippen molar-refractivity contribution in [2.45, 2.75) is 0 Å². The number of halogens is 1. The molecule has 0 aliphatic carbocycles. The molecule has 0 atom stereocenters. The Hall–Kier alpha value is -3.22. The summed E-state index contributed by atoms with van der Waals surface area (Å²) in [5, 5.41) is 6.42. The first kappa shape index (κ1) is 13.7. The number of benzene rings is 1. The SMILES string of the molecule is O=C(Nc1ccc(-n2cccn2)c(F)c1)c1ccc[nH]c1=O. The smallest absolute Gasteiger partial charge is 0.261 e. The Kier molecular flexibility index (Phi) is 3.53. The Morgan fingerprint density at radius 2 is 2.14 bits per heavy atom. The van der Waals surface area contributed by atoms with E-state index in [0.717, 1.165) is 0 Å². The van der Waals surface area contributed by atoms with E-state index in [1.165, 1.54) is 47.4 Å². The van der Waals surface area contributed by atoms with Gasteiger partial charge in [0.2, 0.25) is 0 Å². The Labute approximate surface area is 124 Å². The standard InChI is InChI=1S/C15H11FN4O2/c16-12-9-10(4-5-13(12)20-8-2-7-18-20)19-15(22)11-3-1-6-17-14(11)21/h1-9H,(H,17,21)(H,19,22). The molecule has 0 aliphatic rings. The molecule has 1 amide bonds. The lowest BCUT2D eigenvalue weighted by molar-refractivity contribution is 0.102. The number of carbonyl (C=O) groups excluding carboxylic acids is 1. The highest BCUT2D eigenvalue weighted by Gasteiger charge is 2.12. The summed E-state index contributed by atoms with van der Waals surface area (Å²) in [4.78, 5) is 25.9. The third-order valence-corrected chi connectivity index (χ3v) is 3.02. The van der Waals surface area contributed by atoms with Crippen LogP contribution in [-0.4, -0.2) is 20.7 Å². The van der Waals surface area contributed by atoms with Crippen LogP contribution in [0.3, 0.4) is 0 Å². The molecule has 1 aromatic carbocycles. The van der Waals surface area contributed by atoms with Crippen LogP contribution in [0.2, 0.25) is 0 Å². The molecule has 0 spiro atoms. The number of rotatable bonds is 3. The summed E-state index contributed by atoms with van der Waals surface area (Å²) in [6, 6.07) is 8.81. The summed E-state index contributed by atoms with van der Waals surface area (Å²) in [6.45, 7) is 0. The fraction of sp³-hybridized carbons (Fsp3) is 0. The molecule has 3 rings (SSSR count). The predicted octanol–water partition coefficient (Wildman–Crippen LogP) is 1.95. The molecule has 2 N–H and O–H groups in total. The van der Waals surface area contributed by atoms with Crippen molar-refractivity contribution in [3.8, 4) is 5.69 Å². The molecule has 22 heavy (non-hydrogen) atoms. The summed E-state index contributed by atoms with van der Waals surface area (Å²) in [7, 11) is 0. The van der Waals surface area contributed by atoms with Crippen molar-refractivity contribution in [3.63, 3.8) is 0 Å². The molecule has 0 unspecified atom stereocenters. The summed E-state index contributed by atoms with van der Waals surface area (Å²) >= 11 is 0. The number of H-pyrrole nitrogens is 1. The Morgan fingerprint density at radius 1 is 1.27 bits per heavy atom. The minimum atomic E-state index is -0.604. The first-order valence-corrected chi connectivity index (χ1v) is 6.44. The van der Waals surface area contributed by atoms with Gasteiger partial charge in [-0.05, 0) is 36.4 Å². The lowest BCUT2D eigenvalue weighted by atomic mass is 10.2. The van der Waals surface area contributed by atoms with Gasteiger partial charge >= 0.3 is 0 Å². The molecule has 3 aromatic rings. The molecule has 0 aliphatic heterocycles.